The van der Waals surface area contributed by atoms with Crippen LogP contribution in [0.1, 0.15) is 52.9 Å². The Morgan fingerprint density at radius 3 is 2.36 bits per heavy atom. The lowest BCUT2D eigenvalue weighted by atomic mass is 10.0. The average molecular weight is 499 g/mol. The Bertz CT molecular complexity index is 856. The maximum atomic E-state index is 13.5. The maximum Gasteiger partial charge on any atom is 0.321 e. The van der Waals surface area contributed by atoms with Crippen LogP contribution >= 0.6 is 11.8 Å². The van der Waals surface area contributed by atoms with Crippen molar-refractivity contribution < 1.29 is 22.7 Å². The van der Waals surface area contributed by atoms with Crippen LogP contribution in [0.4, 0.5) is 0 Å². The van der Waals surface area contributed by atoms with Crippen LogP contribution < -0.4 is 0 Å². The molecule has 2 fully saturated rings. The van der Waals surface area contributed by atoms with E-state index in [0.29, 0.717) is 25.0 Å². The quantitative estimate of drug-likeness (QED) is 0.480. The van der Waals surface area contributed by atoms with E-state index in [1.165, 1.54) is 36.4 Å². The molecule has 1 saturated heterocycles. The van der Waals surface area contributed by atoms with Gasteiger partial charge in [0, 0.05) is 36.3 Å². The van der Waals surface area contributed by atoms with Crippen LogP contribution in [0.2, 0.25) is 0 Å². The number of hydrogen-bond acceptors (Lipinski definition) is 7. The second-order valence-electron chi connectivity index (χ2n) is 9.73. The van der Waals surface area contributed by atoms with Crippen molar-refractivity contribution in [1.82, 2.24) is 9.21 Å². The summed E-state index contributed by atoms with van der Waals surface area (Å²) in [4.78, 5) is 16.0. The number of carbonyl (C=O) groups is 1. The van der Waals surface area contributed by atoms with Crippen molar-refractivity contribution in [3.05, 3.63) is 24.3 Å². The van der Waals surface area contributed by atoms with Crippen molar-refractivity contribution >= 4 is 27.8 Å². The average Bonchev–Trinajstić information content (AvgIpc) is 2.77. The molecule has 1 heterocycles. The molecule has 0 atom stereocenters. The smallest absolute Gasteiger partial charge is 0.321 e. The van der Waals surface area contributed by atoms with Crippen molar-refractivity contribution in [2.24, 2.45) is 0 Å². The molecule has 1 aromatic rings. The summed E-state index contributed by atoms with van der Waals surface area (Å²) in [6, 6.07) is 7.11. The standard InChI is InChI=1S/C24H38N2O5S2/c1-24(2,3)31-23(27)19-26(14-13-25-15-17-30-18-16-25)33(28,29)22-11-9-21(10-12-22)32-20-7-5-4-6-8-20/h9-12,20H,4-8,13-19H2,1-3H3. The van der Waals surface area contributed by atoms with Gasteiger partial charge in [0.25, 0.3) is 0 Å². The van der Waals surface area contributed by atoms with Gasteiger partial charge in [-0.25, -0.2) is 8.42 Å². The summed E-state index contributed by atoms with van der Waals surface area (Å²) in [6.07, 6.45) is 6.29. The highest BCUT2D eigenvalue weighted by Crippen LogP contribution is 2.34. The number of ether oxygens (including phenoxy) is 2. The minimum Gasteiger partial charge on any atom is -0.459 e. The molecule has 7 nitrogen and oxygen atoms in total. The third kappa shape index (κ3) is 8.55. The summed E-state index contributed by atoms with van der Waals surface area (Å²) >= 11 is 1.84. The first kappa shape index (κ1) is 26.5. The molecule has 9 heteroatoms. The second-order valence-corrected chi connectivity index (χ2v) is 13.0. The van der Waals surface area contributed by atoms with Gasteiger partial charge in [0.15, 0.2) is 0 Å². The number of sulfonamides is 1. The Kier molecular flexibility index (Phi) is 9.64. The van der Waals surface area contributed by atoms with Gasteiger partial charge in [-0.05, 0) is 57.9 Å². The third-order valence-electron chi connectivity index (χ3n) is 5.81. The molecule has 186 valence electrons. The van der Waals surface area contributed by atoms with Gasteiger partial charge in [0.2, 0.25) is 10.0 Å². The van der Waals surface area contributed by atoms with E-state index in [1.54, 1.807) is 32.9 Å². The zero-order valence-corrected chi connectivity index (χ0v) is 21.8. The fourth-order valence-electron chi connectivity index (χ4n) is 4.09. The molecule has 1 aliphatic carbocycles. The van der Waals surface area contributed by atoms with Crippen molar-refractivity contribution in [3.8, 4) is 0 Å². The highest BCUT2D eigenvalue weighted by Gasteiger charge is 2.29. The molecule has 3 rings (SSSR count). The van der Waals surface area contributed by atoms with Gasteiger partial charge in [0.1, 0.15) is 12.1 Å². The van der Waals surface area contributed by atoms with Crippen LogP contribution in [-0.4, -0.2) is 80.4 Å². The Labute approximate surface area is 203 Å². The van der Waals surface area contributed by atoms with Crippen LogP contribution in [0.5, 0.6) is 0 Å². The molecule has 2 aliphatic rings. The first-order valence-corrected chi connectivity index (χ1v) is 14.2. The molecule has 0 bridgehead atoms. The highest BCUT2D eigenvalue weighted by atomic mass is 32.2. The number of morpholine rings is 1. The molecular formula is C24H38N2O5S2. The first-order chi connectivity index (χ1) is 15.6. The molecule has 0 spiro atoms. The van der Waals surface area contributed by atoms with Crippen molar-refractivity contribution in [2.45, 2.75) is 73.5 Å². The van der Waals surface area contributed by atoms with E-state index in [4.69, 9.17) is 9.47 Å². The summed E-state index contributed by atoms with van der Waals surface area (Å²) in [5, 5.41) is 0.610. The molecule has 1 saturated carbocycles. The molecule has 0 radical (unpaired) electrons. The molecule has 0 unspecified atom stereocenters. The molecular weight excluding hydrogens is 460 g/mol. The van der Waals surface area contributed by atoms with Crippen molar-refractivity contribution in [3.63, 3.8) is 0 Å². The van der Waals surface area contributed by atoms with Crippen molar-refractivity contribution in [1.29, 1.82) is 0 Å². The number of carbonyl (C=O) groups excluding carboxylic acids is 1. The number of hydrogen-bond donors (Lipinski definition) is 0. The zero-order chi connectivity index (χ0) is 23.9. The third-order valence-corrected chi connectivity index (χ3v) is 9.02. The van der Waals surface area contributed by atoms with Gasteiger partial charge in [-0.15, -0.1) is 11.8 Å². The monoisotopic (exact) mass is 498 g/mol. The summed E-state index contributed by atoms with van der Waals surface area (Å²) in [6.45, 7) is 8.59. The summed E-state index contributed by atoms with van der Waals surface area (Å²) in [5.74, 6) is -0.544. The lowest BCUT2D eigenvalue weighted by Crippen LogP contribution is -2.45. The van der Waals surface area contributed by atoms with Crippen LogP contribution in [0, 0.1) is 0 Å². The van der Waals surface area contributed by atoms with E-state index in [2.05, 4.69) is 4.90 Å². The summed E-state index contributed by atoms with van der Waals surface area (Å²) in [7, 11) is -3.84. The summed E-state index contributed by atoms with van der Waals surface area (Å²) in [5.41, 5.74) is -0.672. The maximum absolute atomic E-state index is 13.5. The van der Waals surface area contributed by atoms with Crippen molar-refractivity contribution in [2.75, 3.05) is 45.9 Å². The normalized spacial score (nSPS) is 19.0. The number of rotatable bonds is 9. The Morgan fingerprint density at radius 2 is 1.76 bits per heavy atom. The van der Waals surface area contributed by atoms with Gasteiger partial charge < -0.3 is 9.47 Å². The van der Waals surface area contributed by atoms with E-state index >= 15 is 0 Å². The SMILES string of the molecule is CC(C)(C)OC(=O)CN(CCN1CCOCC1)S(=O)(=O)c1ccc(SC2CCCCC2)cc1. The predicted octanol–water partition coefficient (Wildman–Crippen LogP) is 3.78. The molecule has 33 heavy (non-hydrogen) atoms. The lowest BCUT2D eigenvalue weighted by Gasteiger charge is -2.30. The number of thioether (sulfide) groups is 1. The van der Waals surface area contributed by atoms with Gasteiger partial charge in [-0.2, -0.15) is 4.31 Å². The van der Waals surface area contributed by atoms with Crippen LogP contribution in [-0.2, 0) is 24.3 Å². The largest absolute Gasteiger partial charge is 0.459 e. The topological polar surface area (TPSA) is 76.2 Å². The number of benzene rings is 1. The molecule has 1 aliphatic heterocycles. The van der Waals surface area contributed by atoms with Crippen LogP contribution in [0.3, 0.4) is 0 Å². The van der Waals surface area contributed by atoms with Crippen LogP contribution in [0.15, 0.2) is 34.1 Å². The Balaban J connectivity index is 1.70. The van der Waals surface area contributed by atoms with E-state index in [0.717, 1.165) is 18.0 Å². The van der Waals surface area contributed by atoms with Gasteiger partial charge >= 0.3 is 5.97 Å². The van der Waals surface area contributed by atoms with Gasteiger partial charge in [0.05, 0.1) is 18.1 Å². The van der Waals surface area contributed by atoms with Gasteiger partial charge in [-0.1, -0.05) is 19.3 Å². The fourth-order valence-corrected chi connectivity index (χ4v) is 6.72. The molecule has 1 aromatic carbocycles. The highest BCUT2D eigenvalue weighted by molar-refractivity contribution is 8.00. The second kappa shape index (κ2) is 12.0. The fraction of sp³-hybridized carbons (Fsp3) is 0.708. The van der Waals surface area contributed by atoms with Crippen LogP contribution in [0.25, 0.3) is 0 Å². The minimum absolute atomic E-state index is 0.209. The summed E-state index contributed by atoms with van der Waals surface area (Å²) < 4.78 is 39.0. The number of nitrogens with zero attached hydrogens (tertiary/aromatic N) is 2. The molecule has 0 amide bonds. The zero-order valence-electron chi connectivity index (χ0n) is 20.1. The molecule has 0 aromatic heterocycles. The first-order valence-electron chi connectivity index (χ1n) is 11.9. The van der Waals surface area contributed by atoms with E-state index in [1.807, 2.05) is 23.9 Å². The Morgan fingerprint density at radius 1 is 1.12 bits per heavy atom. The minimum atomic E-state index is -3.84. The predicted molar refractivity (Wildman–Crippen MR) is 131 cm³/mol. The Hall–Kier alpha value is -1.13. The van der Waals surface area contributed by atoms with E-state index in [9.17, 15) is 13.2 Å². The number of esters is 1. The molecule has 0 N–H and O–H groups in total. The van der Waals surface area contributed by atoms with Gasteiger partial charge in [-0.3, -0.25) is 9.69 Å². The van der Waals surface area contributed by atoms with E-state index in [-0.39, 0.29) is 18.0 Å². The lowest BCUT2D eigenvalue weighted by molar-refractivity contribution is -0.155. The van der Waals surface area contributed by atoms with E-state index < -0.39 is 21.6 Å².